The summed E-state index contributed by atoms with van der Waals surface area (Å²) in [6, 6.07) is 2.07. The van der Waals surface area contributed by atoms with Crippen LogP contribution in [0.15, 0.2) is 18.5 Å². The predicted molar refractivity (Wildman–Crippen MR) is 59.6 cm³/mol. The van der Waals surface area contributed by atoms with Crippen LogP contribution in [0, 0.1) is 12.3 Å². The molecule has 0 amide bonds. The number of hydrogen-bond donors (Lipinski definition) is 1. The molecule has 0 saturated carbocycles. The topological polar surface area (TPSA) is 34.2 Å². The molecular weight excluding hydrogens is 188 g/mol. The average molecular weight is 206 g/mol. The highest BCUT2D eigenvalue weighted by Crippen LogP contribution is 2.25. The van der Waals surface area contributed by atoms with E-state index in [-0.39, 0.29) is 0 Å². The summed E-state index contributed by atoms with van der Waals surface area (Å²) in [6.07, 6.45) is 3.75. The molecule has 3 nitrogen and oxygen atoms in total. The van der Waals surface area contributed by atoms with Crippen LogP contribution in [0.5, 0.6) is 0 Å². The van der Waals surface area contributed by atoms with E-state index in [9.17, 15) is 0 Å². The van der Waals surface area contributed by atoms with Crippen LogP contribution >= 0.6 is 0 Å². The zero-order chi connectivity index (χ0) is 10.7. The average Bonchev–Trinajstić information content (AvgIpc) is 2.18. The van der Waals surface area contributed by atoms with Gasteiger partial charge in [0.15, 0.2) is 0 Å². The van der Waals surface area contributed by atoms with Gasteiger partial charge in [-0.2, -0.15) is 0 Å². The van der Waals surface area contributed by atoms with Crippen molar-refractivity contribution in [1.29, 1.82) is 0 Å². The van der Waals surface area contributed by atoms with Crippen LogP contribution in [-0.4, -0.2) is 24.7 Å². The molecule has 0 atom stereocenters. The van der Waals surface area contributed by atoms with Gasteiger partial charge in [0.1, 0.15) is 0 Å². The monoisotopic (exact) mass is 206 g/mol. The first-order chi connectivity index (χ1) is 7.20. The van der Waals surface area contributed by atoms with E-state index in [1.54, 1.807) is 0 Å². The number of nitrogens with zero attached hydrogens (tertiary/aromatic N) is 1. The number of rotatable bonds is 4. The molecule has 0 aliphatic carbocycles. The molecule has 1 aromatic rings. The quantitative estimate of drug-likeness (QED) is 0.811. The first-order valence-corrected chi connectivity index (χ1v) is 5.38. The largest absolute Gasteiger partial charge is 0.380 e. The van der Waals surface area contributed by atoms with Crippen molar-refractivity contribution in [3.05, 3.63) is 29.6 Å². The molecule has 1 aromatic heterocycles. The standard InChI is InChI=1S/C12H18N2O/c1-10-5-13-4-3-11(10)6-14-7-12(2)8-15-9-12/h3-5,14H,6-9H2,1-2H3. The van der Waals surface area contributed by atoms with Crippen molar-refractivity contribution in [1.82, 2.24) is 10.3 Å². The Morgan fingerprint density at radius 2 is 2.33 bits per heavy atom. The number of nitrogens with one attached hydrogen (secondary N) is 1. The van der Waals surface area contributed by atoms with E-state index in [0.29, 0.717) is 5.41 Å². The van der Waals surface area contributed by atoms with E-state index in [1.807, 2.05) is 12.4 Å². The summed E-state index contributed by atoms with van der Waals surface area (Å²) >= 11 is 0. The summed E-state index contributed by atoms with van der Waals surface area (Å²) < 4.78 is 5.21. The van der Waals surface area contributed by atoms with Gasteiger partial charge >= 0.3 is 0 Å². The first-order valence-electron chi connectivity index (χ1n) is 5.38. The Labute approximate surface area is 90.9 Å². The molecule has 2 heterocycles. The van der Waals surface area contributed by atoms with Gasteiger partial charge in [-0.3, -0.25) is 4.98 Å². The van der Waals surface area contributed by atoms with E-state index < -0.39 is 0 Å². The summed E-state index contributed by atoms with van der Waals surface area (Å²) in [5, 5.41) is 3.48. The highest BCUT2D eigenvalue weighted by molar-refractivity contribution is 5.21. The summed E-state index contributed by atoms with van der Waals surface area (Å²) in [5.41, 5.74) is 2.93. The fourth-order valence-electron chi connectivity index (χ4n) is 1.75. The first kappa shape index (κ1) is 10.6. The van der Waals surface area contributed by atoms with E-state index in [4.69, 9.17) is 4.74 Å². The molecule has 0 bridgehead atoms. The fourth-order valence-corrected chi connectivity index (χ4v) is 1.75. The second-order valence-corrected chi connectivity index (χ2v) is 4.71. The van der Waals surface area contributed by atoms with Crippen LogP contribution in [0.1, 0.15) is 18.1 Å². The van der Waals surface area contributed by atoms with Crippen LogP contribution in [0.3, 0.4) is 0 Å². The van der Waals surface area contributed by atoms with E-state index >= 15 is 0 Å². The second kappa shape index (κ2) is 4.29. The molecule has 3 heteroatoms. The van der Waals surface area contributed by atoms with Crippen molar-refractivity contribution in [3.8, 4) is 0 Å². The molecule has 1 saturated heterocycles. The van der Waals surface area contributed by atoms with Crippen LogP contribution in [0.25, 0.3) is 0 Å². The molecule has 0 aromatic carbocycles. The smallest absolute Gasteiger partial charge is 0.0554 e. The van der Waals surface area contributed by atoms with E-state index in [0.717, 1.165) is 26.3 Å². The fraction of sp³-hybridized carbons (Fsp3) is 0.583. The van der Waals surface area contributed by atoms with Crippen molar-refractivity contribution in [2.24, 2.45) is 5.41 Å². The van der Waals surface area contributed by atoms with Gasteiger partial charge in [0.25, 0.3) is 0 Å². The molecule has 0 radical (unpaired) electrons. The molecule has 1 aliphatic heterocycles. The molecule has 1 aliphatic rings. The third kappa shape index (κ3) is 2.55. The van der Waals surface area contributed by atoms with Crippen molar-refractivity contribution in [2.45, 2.75) is 20.4 Å². The minimum atomic E-state index is 0.348. The van der Waals surface area contributed by atoms with Crippen LogP contribution in [-0.2, 0) is 11.3 Å². The minimum Gasteiger partial charge on any atom is -0.380 e. The number of pyridine rings is 1. The maximum Gasteiger partial charge on any atom is 0.0554 e. The van der Waals surface area contributed by atoms with Gasteiger partial charge in [-0.25, -0.2) is 0 Å². The summed E-state index contributed by atoms with van der Waals surface area (Å²) in [6.45, 7) is 8.06. The highest BCUT2D eigenvalue weighted by Gasteiger charge is 2.32. The third-order valence-electron chi connectivity index (χ3n) is 2.90. The molecule has 2 rings (SSSR count). The van der Waals surface area contributed by atoms with Crippen molar-refractivity contribution in [2.75, 3.05) is 19.8 Å². The Morgan fingerprint density at radius 3 is 2.93 bits per heavy atom. The number of ether oxygens (including phenoxy) is 1. The molecular formula is C12H18N2O. The van der Waals surface area contributed by atoms with Crippen molar-refractivity contribution in [3.63, 3.8) is 0 Å². The van der Waals surface area contributed by atoms with E-state index in [2.05, 4.69) is 30.2 Å². The second-order valence-electron chi connectivity index (χ2n) is 4.71. The Hall–Kier alpha value is -0.930. The Kier molecular flexibility index (Phi) is 3.03. The number of aromatic nitrogens is 1. The van der Waals surface area contributed by atoms with Crippen LogP contribution < -0.4 is 5.32 Å². The Morgan fingerprint density at radius 1 is 1.53 bits per heavy atom. The Balaban J connectivity index is 1.81. The predicted octanol–water partition coefficient (Wildman–Crippen LogP) is 1.52. The van der Waals surface area contributed by atoms with Gasteiger partial charge in [0.05, 0.1) is 13.2 Å². The summed E-state index contributed by atoms with van der Waals surface area (Å²) in [7, 11) is 0. The Bertz CT molecular complexity index is 334. The normalized spacial score (nSPS) is 18.5. The maximum absolute atomic E-state index is 5.21. The lowest BCUT2D eigenvalue weighted by Crippen LogP contribution is -2.47. The van der Waals surface area contributed by atoms with E-state index in [1.165, 1.54) is 11.1 Å². The van der Waals surface area contributed by atoms with Gasteiger partial charge in [-0.15, -0.1) is 0 Å². The molecule has 1 fully saturated rings. The van der Waals surface area contributed by atoms with Crippen molar-refractivity contribution >= 4 is 0 Å². The van der Waals surface area contributed by atoms with Gasteiger partial charge in [-0.1, -0.05) is 6.92 Å². The van der Waals surface area contributed by atoms with Gasteiger partial charge in [0.2, 0.25) is 0 Å². The maximum atomic E-state index is 5.21. The van der Waals surface area contributed by atoms with Crippen LogP contribution in [0.4, 0.5) is 0 Å². The van der Waals surface area contributed by atoms with Gasteiger partial charge < -0.3 is 10.1 Å². The number of hydrogen-bond acceptors (Lipinski definition) is 3. The summed E-state index contributed by atoms with van der Waals surface area (Å²) in [4.78, 5) is 4.08. The highest BCUT2D eigenvalue weighted by atomic mass is 16.5. The zero-order valence-corrected chi connectivity index (χ0v) is 9.42. The SMILES string of the molecule is Cc1cnccc1CNCC1(C)COC1. The lowest BCUT2D eigenvalue weighted by atomic mass is 9.89. The van der Waals surface area contributed by atoms with Gasteiger partial charge in [-0.05, 0) is 24.1 Å². The third-order valence-corrected chi connectivity index (χ3v) is 2.90. The molecule has 1 N–H and O–H groups in total. The molecule has 0 unspecified atom stereocenters. The molecule has 15 heavy (non-hydrogen) atoms. The number of aryl methyl sites for hydroxylation is 1. The van der Waals surface area contributed by atoms with Crippen molar-refractivity contribution < 1.29 is 4.74 Å². The molecule has 82 valence electrons. The lowest BCUT2D eigenvalue weighted by Gasteiger charge is -2.38. The minimum absolute atomic E-state index is 0.348. The van der Waals surface area contributed by atoms with Gasteiger partial charge in [0, 0.05) is 30.9 Å². The lowest BCUT2D eigenvalue weighted by molar-refractivity contribution is -0.0991. The zero-order valence-electron chi connectivity index (χ0n) is 9.42. The molecule has 0 spiro atoms. The summed E-state index contributed by atoms with van der Waals surface area (Å²) in [5.74, 6) is 0. The van der Waals surface area contributed by atoms with Crippen LogP contribution in [0.2, 0.25) is 0 Å².